The summed E-state index contributed by atoms with van der Waals surface area (Å²) in [6.45, 7) is 6.23. The van der Waals surface area contributed by atoms with Crippen molar-refractivity contribution in [1.82, 2.24) is 4.98 Å². The van der Waals surface area contributed by atoms with E-state index in [1.165, 1.54) is 21.5 Å². The molecule has 0 radical (unpaired) electrons. The topological polar surface area (TPSA) is 19.4 Å². The third-order valence-electron chi connectivity index (χ3n) is 4.61. The number of anilines is 2. The number of thiazole rings is 1. The number of hydrogen-bond donors (Lipinski definition) is 0. The SMILES string of the molecule is CCc1cccc2sc(N3CCN(c4ccc(Cl)cc4)CC3)nc12. The summed E-state index contributed by atoms with van der Waals surface area (Å²) in [5, 5.41) is 1.94. The van der Waals surface area contributed by atoms with Crippen molar-refractivity contribution < 1.29 is 0 Å². The smallest absolute Gasteiger partial charge is 0.186 e. The van der Waals surface area contributed by atoms with Crippen LogP contribution in [0.5, 0.6) is 0 Å². The second kappa shape index (κ2) is 6.61. The number of aromatic nitrogens is 1. The number of hydrogen-bond acceptors (Lipinski definition) is 4. The van der Waals surface area contributed by atoms with Gasteiger partial charge in [-0.25, -0.2) is 4.98 Å². The quantitative estimate of drug-likeness (QED) is 0.668. The third-order valence-corrected chi connectivity index (χ3v) is 5.95. The molecule has 1 fully saturated rings. The molecule has 1 saturated heterocycles. The molecule has 0 bridgehead atoms. The van der Waals surface area contributed by atoms with Crippen LogP contribution in [0.25, 0.3) is 10.2 Å². The Bertz CT molecular complexity index is 835. The molecule has 4 rings (SSSR count). The van der Waals surface area contributed by atoms with Crippen molar-refractivity contribution in [1.29, 1.82) is 0 Å². The first-order chi connectivity index (χ1) is 11.7. The predicted octanol–water partition coefficient (Wildman–Crippen LogP) is 4.84. The first-order valence-corrected chi connectivity index (χ1v) is 9.58. The fourth-order valence-corrected chi connectivity index (χ4v) is 4.41. The van der Waals surface area contributed by atoms with E-state index in [-0.39, 0.29) is 0 Å². The van der Waals surface area contributed by atoms with E-state index >= 15 is 0 Å². The summed E-state index contributed by atoms with van der Waals surface area (Å²) in [5.41, 5.74) is 3.77. The summed E-state index contributed by atoms with van der Waals surface area (Å²) in [6, 6.07) is 14.6. The van der Waals surface area contributed by atoms with E-state index in [0.29, 0.717) is 0 Å². The Morgan fingerprint density at radius 2 is 1.71 bits per heavy atom. The van der Waals surface area contributed by atoms with Gasteiger partial charge in [-0.1, -0.05) is 42.0 Å². The summed E-state index contributed by atoms with van der Waals surface area (Å²) in [5.74, 6) is 0. The average Bonchev–Trinajstić information content (AvgIpc) is 3.07. The minimum Gasteiger partial charge on any atom is -0.368 e. The summed E-state index contributed by atoms with van der Waals surface area (Å²) in [6.07, 6.45) is 1.03. The van der Waals surface area contributed by atoms with Crippen LogP contribution in [-0.2, 0) is 6.42 Å². The normalized spacial score (nSPS) is 15.2. The first kappa shape index (κ1) is 15.7. The van der Waals surface area contributed by atoms with Gasteiger partial charge in [-0.05, 0) is 42.3 Å². The Labute approximate surface area is 151 Å². The third kappa shape index (κ3) is 2.96. The van der Waals surface area contributed by atoms with Gasteiger partial charge in [-0.15, -0.1) is 0 Å². The van der Waals surface area contributed by atoms with E-state index in [1.807, 2.05) is 23.5 Å². The molecule has 5 heteroatoms. The molecule has 3 aromatic rings. The highest BCUT2D eigenvalue weighted by atomic mass is 35.5. The van der Waals surface area contributed by atoms with E-state index in [4.69, 9.17) is 16.6 Å². The Morgan fingerprint density at radius 1 is 1.00 bits per heavy atom. The van der Waals surface area contributed by atoms with Gasteiger partial charge < -0.3 is 9.80 Å². The molecule has 1 aliphatic rings. The molecule has 1 aliphatic heterocycles. The Hall–Kier alpha value is -1.78. The van der Waals surface area contributed by atoms with Crippen molar-refractivity contribution in [3.8, 4) is 0 Å². The monoisotopic (exact) mass is 357 g/mol. The zero-order chi connectivity index (χ0) is 16.5. The average molecular weight is 358 g/mol. The molecule has 2 aromatic carbocycles. The highest BCUT2D eigenvalue weighted by Gasteiger charge is 2.20. The number of nitrogens with zero attached hydrogens (tertiary/aromatic N) is 3. The van der Waals surface area contributed by atoms with Gasteiger partial charge >= 0.3 is 0 Å². The van der Waals surface area contributed by atoms with Gasteiger partial charge in [0, 0.05) is 36.9 Å². The van der Waals surface area contributed by atoms with Gasteiger partial charge in [0.1, 0.15) is 0 Å². The van der Waals surface area contributed by atoms with Gasteiger partial charge in [0.05, 0.1) is 10.2 Å². The molecule has 0 aliphatic carbocycles. The molecular formula is C19H20ClN3S. The van der Waals surface area contributed by atoms with E-state index in [9.17, 15) is 0 Å². The number of piperazine rings is 1. The molecule has 24 heavy (non-hydrogen) atoms. The summed E-state index contributed by atoms with van der Waals surface area (Å²) in [4.78, 5) is 9.75. The first-order valence-electron chi connectivity index (χ1n) is 8.38. The van der Waals surface area contributed by atoms with Crippen LogP contribution in [-0.4, -0.2) is 31.2 Å². The molecule has 1 aromatic heterocycles. The minimum atomic E-state index is 0.790. The molecule has 124 valence electrons. The van der Waals surface area contributed by atoms with Gasteiger partial charge in [-0.3, -0.25) is 0 Å². The van der Waals surface area contributed by atoms with Crippen molar-refractivity contribution >= 4 is 44.0 Å². The Balaban J connectivity index is 1.50. The van der Waals surface area contributed by atoms with Crippen LogP contribution in [0.1, 0.15) is 12.5 Å². The second-order valence-corrected chi connectivity index (χ2v) is 7.51. The zero-order valence-corrected chi connectivity index (χ0v) is 15.3. The maximum atomic E-state index is 5.98. The summed E-state index contributed by atoms with van der Waals surface area (Å²) >= 11 is 7.79. The van der Waals surface area contributed by atoms with Crippen LogP contribution >= 0.6 is 22.9 Å². The lowest BCUT2D eigenvalue weighted by Gasteiger charge is -2.36. The Morgan fingerprint density at radius 3 is 2.42 bits per heavy atom. The van der Waals surface area contributed by atoms with E-state index < -0.39 is 0 Å². The van der Waals surface area contributed by atoms with Crippen molar-refractivity contribution in [2.45, 2.75) is 13.3 Å². The molecule has 0 atom stereocenters. The van der Waals surface area contributed by atoms with Crippen LogP contribution < -0.4 is 9.80 Å². The maximum Gasteiger partial charge on any atom is 0.186 e. The van der Waals surface area contributed by atoms with Gasteiger partial charge in [-0.2, -0.15) is 0 Å². The molecule has 0 spiro atoms. The predicted molar refractivity (Wildman–Crippen MR) is 105 cm³/mol. The standard InChI is InChI=1S/C19H20ClN3S/c1-2-14-4-3-5-17-18(14)21-19(24-17)23-12-10-22(11-13-23)16-8-6-15(20)7-9-16/h3-9H,2,10-13H2,1H3. The van der Waals surface area contributed by atoms with Crippen LogP contribution in [0.2, 0.25) is 5.02 Å². The lowest BCUT2D eigenvalue weighted by atomic mass is 10.1. The van der Waals surface area contributed by atoms with Gasteiger partial charge in [0.15, 0.2) is 5.13 Å². The Kier molecular flexibility index (Phi) is 4.33. The van der Waals surface area contributed by atoms with E-state index in [2.05, 4.69) is 47.1 Å². The van der Waals surface area contributed by atoms with Crippen molar-refractivity contribution in [3.05, 3.63) is 53.1 Å². The number of fused-ring (bicyclic) bond motifs is 1. The summed E-state index contributed by atoms with van der Waals surface area (Å²) in [7, 11) is 0. The molecule has 2 heterocycles. The molecule has 0 N–H and O–H groups in total. The molecule has 0 unspecified atom stereocenters. The van der Waals surface area contributed by atoms with Crippen LogP contribution in [0, 0.1) is 0 Å². The van der Waals surface area contributed by atoms with E-state index in [1.54, 1.807) is 0 Å². The van der Waals surface area contributed by atoms with Crippen LogP contribution in [0.15, 0.2) is 42.5 Å². The van der Waals surface area contributed by atoms with E-state index in [0.717, 1.165) is 42.8 Å². The largest absolute Gasteiger partial charge is 0.368 e. The lowest BCUT2D eigenvalue weighted by molar-refractivity contribution is 0.652. The summed E-state index contributed by atoms with van der Waals surface area (Å²) < 4.78 is 1.30. The molecular weight excluding hydrogens is 338 g/mol. The van der Waals surface area contributed by atoms with Crippen molar-refractivity contribution in [2.75, 3.05) is 36.0 Å². The molecule has 0 amide bonds. The minimum absolute atomic E-state index is 0.790. The highest BCUT2D eigenvalue weighted by molar-refractivity contribution is 7.22. The van der Waals surface area contributed by atoms with Crippen LogP contribution in [0.4, 0.5) is 10.8 Å². The van der Waals surface area contributed by atoms with Gasteiger partial charge in [0.2, 0.25) is 0 Å². The number of aryl methyl sites for hydroxylation is 1. The van der Waals surface area contributed by atoms with Crippen molar-refractivity contribution in [2.24, 2.45) is 0 Å². The number of rotatable bonds is 3. The second-order valence-electron chi connectivity index (χ2n) is 6.06. The number of para-hydroxylation sites is 1. The van der Waals surface area contributed by atoms with Gasteiger partial charge in [0.25, 0.3) is 0 Å². The molecule has 3 nitrogen and oxygen atoms in total. The van der Waals surface area contributed by atoms with Crippen molar-refractivity contribution in [3.63, 3.8) is 0 Å². The fraction of sp³-hybridized carbons (Fsp3) is 0.316. The highest BCUT2D eigenvalue weighted by Crippen LogP contribution is 2.32. The maximum absolute atomic E-state index is 5.98. The lowest BCUT2D eigenvalue weighted by Crippen LogP contribution is -2.46. The molecule has 0 saturated carbocycles. The fourth-order valence-electron chi connectivity index (χ4n) is 3.22. The zero-order valence-electron chi connectivity index (χ0n) is 13.7. The van der Waals surface area contributed by atoms with Crippen LogP contribution in [0.3, 0.4) is 0 Å². The number of halogens is 1. The number of benzene rings is 2.